The van der Waals surface area contributed by atoms with Gasteiger partial charge in [0.1, 0.15) is 0 Å². The zero-order chi connectivity index (χ0) is 26.5. The molecule has 1 saturated carbocycles. The summed E-state index contributed by atoms with van der Waals surface area (Å²) in [6.45, 7) is 3.31. The number of carbonyl (C=O) groups is 2. The largest absolute Gasteiger partial charge is 0.511 e. The second-order valence-electron chi connectivity index (χ2n) is 9.98. The number of aromatic nitrogens is 3. The van der Waals surface area contributed by atoms with Crippen molar-refractivity contribution < 1.29 is 24.2 Å². The Bertz CT molecular complexity index is 1260. The summed E-state index contributed by atoms with van der Waals surface area (Å²) in [6, 6.07) is 7.55. The van der Waals surface area contributed by atoms with Gasteiger partial charge in [0.05, 0.1) is 23.1 Å². The van der Waals surface area contributed by atoms with Crippen LogP contribution in [0.15, 0.2) is 41.4 Å². The third-order valence-electron chi connectivity index (χ3n) is 7.30. The number of hydrogen-bond donors (Lipinski definition) is 1. The standard InChI is InChI=1S/C28H32N4O5S/c1-19-2-7-21(8-3-19)27(33)32(24-12-14-36-15-13-24)26-25(37-28(34)35)16-31(30-26)23-10-5-20(6-11-23)4-9-22-17-38-18-29-22/h4-6,9-11,16-19,21,24H,2-3,7-8,12-15H2,1H3,(H,34,35)/b9-4-/t19-,21-. The first-order valence-corrected chi connectivity index (χ1v) is 14.0. The highest BCUT2D eigenvalue weighted by Gasteiger charge is 2.37. The third kappa shape index (κ3) is 6.14. The number of amides is 1. The lowest BCUT2D eigenvalue weighted by molar-refractivity contribution is -0.124. The van der Waals surface area contributed by atoms with Crippen LogP contribution in [0.5, 0.6) is 5.75 Å². The van der Waals surface area contributed by atoms with E-state index in [2.05, 4.69) is 11.9 Å². The summed E-state index contributed by atoms with van der Waals surface area (Å²) in [5.41, 5.74) is 4.40. The average molecular weight is 537 g/mol. The van der Waals surface area contributed by atoms with E-state index in [1.165, 1.54) is 6.20 Å². The fourth-order valence-corrected chi connectivity index (χ4v) is 5.66. The lowest BCUT2D eigenvalue weighted by Gasteiger charge is -2.36. The second kappa shape index (κ2) is 11.9. The van der Waals surface area contributed by atoms with Crippen LogP contribution >= 0.6 is 11.3 Å². The molecule has 1 N–H and O–H groups in total. The van der Waals surface area contributed by atoms with Gasteiger partial charge < -0.3 is 14.6 Å². The Labute approximate surface area is 225 Å². The van der Waals surface area contributed by atoms with Crippen LogP contribution < -0.4 is 9.64 Å². The fraction of sp³-hybridized carbons (Fsp3) is 0.429. The van der Waals surface area contributed by atoms with E-state index >= 15 is 0 Å². The molecule has 200 valence electrons. The van der Waals surface area contributed by atoms with E-state index in [1.807, 2.05) is 41.8 Å². The maximum atomic E-state index is 13.9. The predicted molar refractivity (Wildman–Crippen MR) is 146 cm³/mol. The second-order valence-corrected chi connectivity index (χ2v) is 10.7. The van der Waals surface area contributed by atoms with Crippen molar-refractivity contribution in [3.05, 3.63) is 52.6 Å². The molecule has 1 aliphatic heterocycles. The smallest absolute Gasteiger partial charge is 0.449 e. The molecule has 1 saturated heterocycles. The molecule has 9 nitrogen and oxygen atoms in total. The lowest BCUT2D eigenvalue weighted by atomic mass is 9.82. The molecule has 3 heterocycles. The van der Waals surface area contributed by atoms with Gasteiger partial charge in [-0.15, -0.1) is 16.4 Å². The van der Waals surface area contributed by atoms with E-state index in [0.29, 0.717) is 32.0 Å². The molecule has 2 aliphatic rings. The number of anilines is 1. The molecule has 1 amide bonds. The van der Waals surface area contributed by atoms with Gasteiger partial charge in [-0.05, 0) is 68.2 Å². The van der Waals surface area contributed by atoms with Crippen LogP contribution in [0, 0.1) is 11.8 Å². The molecule has 0 spiro atoms. The minimum absolute atomic E-state index is 0.00758. The quantitative estimate of drug-likeness (QED) is 0.375. The molecule has 1 aliphatic carbocycles. The fourth-order valence-electron chi connectivity index (χ4n) is 5.14. The highest BCUT2D eigenvalue weighted by Crippen LogP contribution is 2.37. The SMILES string of the molecule is C[C@H]1CC[C@H](C(=O)N(c2nn(-c3ccc(/C=C\c4cscn4)cc3)cc2OC(=O)O)C2CCOCC2)CC1. The van der Waals surface area contributed by atoms with Gasteiger partial charge in [-0.1, -0.05) is 25.1 Å². The minimum Gasteiger partial charge on any atom is -0.449 e. The molecule has 5 rings (SSSR count). The maximum absolute atomic E-state index is 13.9. The first-order chi connectivity index (χ1) is 18.5. The number of ether oxygens (including phenoxy) is 2. The predicted octanol–water partition coefficient (Wildman–Crippen LogP) is 5.89. The van der Waals surface area contributed by atoms with E-state index in [-0.39, 0.29) is 29.4 Å². The van der Waals surface area contributed by atoms with Crippen LogP contribution in [0.2, 0.25) is 0 Å². The van der Waals surface area contributed by atoms with Crippen molar-refractivity contribution in [1.82, 2.24) is 14.8 Å². The summed E-state index contributed by atoms with van der Waals surface area (Å²) >= 11 is 1.54. The molecule has 2 aromatic heterocycles. The first-order valence-electron chi connectivity index (χ1n) is 13.1. The van der Waals surface area contributed by atoms with Gasteiger partial charge in [-0.3, -0.25) is 9.69 Å². The Morgan fingerprint density at radius 1 is 1.11 bits per heavy atom. The van der Waals surface area contributed by atoms with Crippen molar-refractivity contribution in [3.63, 3.8) is 0 Å². The van der Waals surface area contributed by atoms with E-state index in [0.717, 1.165) is 42.6 Å². The monoisotopic (exact) mass is 536 g/mol. The molecular formula is C28H32N4O5S. The van der Waals surface area contributed by atoms with Gasteiger partial charge in [0.25, 0.3) is 0 Å². The molecule has 0 radical (unpaired) electrons. The van der Waals surface area contributed by atoms with E-state index in [1.54, 1.807) is 26.4 Å². The highest BCUT2D eigenvalue weighted by molar-refractivity contribution is 7.07. The van der Waals surface area contributed by atoms with Crippen LogP contribution in [0.1, 0.15) is 56.7 Å². The third-order valence-corrected chi connectivity index (χ3v) is 7.91. The summed E-state index contributed by atoms with van der Waals surface area (Å²) in [5, 5.41) is 16.2. The number of carbonyl (C=O) groups excluding carboxylic acids is 1. The number of nitrogens with zero attached hydrogens (tertiary/aromatic N) is 4. The minimum atomic E-state index is -1.45. The molecule has 38 heavy (non-hydrogen) atoms. The Morgan fingerprint density at radius 2 is 1.84 bits per heavy atom. The first kappa shape index (κ1) is 26.1. The van der Waals surface area contributed by atoms with Gasteiger partial charge in [0.15, 0.2) is 5.75 Å². The molecule has 2 fully saturated rings. The van der Waals surface area contributed by atoms with Crippen LogP contribution in [-0.2, 0) is 9.53 Å². The topological polar surface area (TPSA) is 107 Å². The van der Waals surface area contributed by atoms with Gasteiger partial charge in [0, 0.05) is 30.6 Å². The van der Waals surface area contributed by atoms with Crippen molar-refractivity contribution in [1.29, 1.82) is 0 Å². The Hall–Kier alpha value is -3.50. The average Bonchev–Trinajstić information content (AvgIpc) is 3.59. The van der Waals surface area contributed by atoms with Crippen molar-refractivity contribution in [2.24, 2.45) is 11.8 Å². The summed E-state index contributed by atoms with van der Waals surface area (Å²) in [5.74, 6) is 0.789. The Morgan fingerprint density at radius 3 is 2.50 bits per heavy atom. The number of rotatable bonds is 7. The molecule has 10 heteroatoms. The van der Waals surface area contributed by atoms with Crippen molar-refractivity contribution in [2.45, 2.75) is 51.5 Å². The van der Waals surface area contributed by atoms with Gasteiger partial charge in [-0.2, -0.15) is 0 Å². The zero-order valence-electron chi connectivity index (χ0n) is 21.4. The van der Waals surface area contributed by atoms with Crippen LogP contribution in [0.25, 0.3) is 17.8 Å². The normalized spacial score (nSPS) is 20.4. The van der Waals surface area contributed by atoms with E-state index in [9.17, 15) is 14.7 Å². The molecule has 0 bridgehead atoms. The van der Waals surface area contributed by atoms with Gasteiger partial charge in [0.2, 0.25) is 11.7 Å². The van der Waals surface area contributed by atoms with Crippen molar-refractivity contribution >= 4 is 41.4 Å². The van der Waals surface area contributed by atoms with Crippen molar-refractivity contribution in [3.8, 4) is 11.4 Å². The number of benzene rings is 1. The molecular weight excluding hydrogens is 504 g/mol. The number of thiazole rings is 1. The van der Waals surface area contributed by atoms with Crippen LogP contribution in [0.4, 0.5) is 10.6 Å². The Kier molecular flexibility index (Phi) is 8.19. The molecule has 3 aromatic rings. The number of carboxylic acid groups (broad SMARTS) is 1. The highest BCUT2D eigenvalue weighted by atomic mass is 32.1. The van der Waals surface area contributed by atoms with Gasteiger partial charge >= 0.3 is 6.16 Å². The maximum Gasteiger partial charge on any atom is 0.511 e. The number of hydrogen-bond acceptors (Lipinski definition) is 7. The summed E-state index contributed by atoms with van der Waals surface area (Å²) < 4.78 is 12.3. The van der Waals surface area contributed by atoms with Crippen LogP contribution in [-0.4, -0.2) is 51.2 Å². The molecule has 0 atom stereocenters. The summed E-state index contributed by atoms with van der Waals surface area (Å²) in [7, 11) is 0. The molecule has 1 aromatic carbocycles. The van der Waals surface area contributed by atoms with E-state index < -0.39 is 6.16 Å². The zero-order valence-corrected chi connectivity index (χ0v) is 22.2. The Balaban J connectivity index is 1.46. The van der Waals surface area contributed by atoms with E-state index in [4.69, 9.17) is 14.6 Å². The van der Waals surface area contributed by atoms with Crippen LogP contribution in [0.3, 0.4) is 0 Å². The van der Waals surface area contributed by atoms with Gasteiger partial charge in [-0.25, -0.2) is 14.5 Å². The lowest BCUT2D eigenvalue weighted by Crippen LogP contribution is -2.47. The summed E-state index contributed by atoms with van der Waals surface area (Å²) in [4.78, 5) is 31.5. The summed E-state index contributed by atoms with van der Waals surface area (Å²) in [6.07, 6.45) is 9.00. The molecule has 0 unspecified atom stereocenters. The van der Waals surface area contributed by atoms with Crippen molar-refractivity contribution in [2.75, 3.05) is 18.1 Å².